The van der Waals surface area contributed by atoms with Crippen LogP contribution in [0.5, 0.6) is 0 Å². The summed E-state index contributed by atoms with van der Waals surface area (Å²) in [6, 6.07) is 17.6. The minimum absolute atomic E-state index is 0.0840. The summed E-state index contributed by atoms with van der Waals surface area (Å²) in [5.74, 6) is 0. The highest BCUT2D eigenvalue weighted by molar-refractivity contribution is 7.93. The van der Waals surface area contributed by atoms with Crippen molar-refractivity contribution in [1.82, 2.24) is 0 Å². The second-order valence-corrected chi connectivity index (χ2v) is 10.8. The molecule has 0 saturated carbocycles. The van der Waals surface area contributed by atoms with Gasteiger partial charge < -0.3 is 4.90 Å². The van der Waals surface area contributed by atoms with Gasteiger partial charge in [-0.05, 0) is 56.3 Å². The Labute approximate surface area is 183 Å². The van der Waals surface area contributed by atoms with Crippen LogP contribution in [0.25, 0.3) is 0 Å². The van der Waals surface area contributed by atoms with E-state index in [9.17, 15) is 16.8 Å². The number of nitrogens with one attached hydrogen (secondary N) is 2. The van der Waals surface area contributed by atoms with Crippen LogP contribution >= 0.6 is 0 Å². The van der Waals surface area contributed by atoms with Gasteiger partial charge in [0.2, 0.25) is 0 Å². The first-order chi connectivity index (χ1) is 14.5. The van der Waals surface area contributed by atoms with Crippen molar-refractivity contribution in [2.45, 2.75) is 23.6 Å². The summed E-state index contributed by atoms with van der Waals surface area (Å²) in [6.07, 6.45) is 0. The summed E-state index contributed by atoms with van der Waals surface area (Å²) in [5, 5.41) is 0. The third-order valence-electron chi connectivity index (χ3n) is 4.67. The Balaban J connectivity index is 2.01. The maximum absolute atomic E-state index is 12.9. The average molecular weight is 460 g/mol. The molecule has 3 rings (SSSR count). The van der Waals surface area contributed by atoms with Gasteiger partial charge in [0.05, 0.1) is 21.2 Å². The molecule has 0 heterocycles. The zero-order valence-electron chi connectivity index (χ0n) is 17.7. The van der Waals surface area contributed by atoms with Crippen molar-refractivity contribution in [1.29, 1.82) is 0 Å². The smallest absolute Gasteiger partial charge is 0.261 e. The fourth-order valence-electron chi connectivity index (χ4n) is 2.83. The standard InChI is InChI=1S/C22H25N3O4S2/c1-16-5-10-19(11-6-16)30(26,27)23-21-14-9-18(25(3)4)15-22(21)24-31(28,29)20-12-7-17(2)8-13-20/h5-15,23-24H,1-4H3. The van der Waals surface area contributed by atoms with E-state index in [0.29, 0.717) is 5.69 Å². The van der Waals surface area contributed by atoms with Crippen LogP contribution in [0.4, 0.5) is 17.1 Å². The quantitative estimate of drug-likeness (QED) is 0.557. The Morgan fingerprint density at radius 3 is 1.45 bits per heavy atom. The van der Waals surface area contributed by atoms with E-state index in [1.807, 2.05) is 27.9 Å². The Morgan fingerprint density at radius 1 is 0.613 bits per heavy atom. The average Bonchev–Trinajstić information content (AvgIpc) is 2.69. The predicted molar refractivity (Wildman–Crippen MR) is 125 cm³/mol. The van der Waals surface area contributed by atoms with Gasteiger partial charge in [-0.1, -0.05) is 35.4 Å². The maximum Gasteiger partial charge on any atom is 0.261 e. The van der Waals surface area contributed by atoms with E-state index in [1.165, 1.54) is 30.3 Å². The van der Waals surface area contributed by atoms with E-state index in [0.717, 1.165) is 11.1 Å². The summed E-state index contributed by atoms with van der Waals surface area (Å²) >= 11 is 0. The van der Waals surface area contributed by atoms with Crippen LogP contribution in [0.1, 0.15) is 11.1 Å². The van der Waals surface area contributed by atoms with Crippen LogP contribution in [-0.4, -0.2) is 30.9 Å². The Bertz CT molecular complexity index is 1280. The second kappa shape index (κ2) is 8.60. The number of rotatable bonds is 7. The van der Waals surface area contributed by atoms with E-state index >= 15 is 0 Å². The Morgan fingerprint density at radius 2 is 1.03 bits per heavy atom. The first kappa shape index (κ1) is 22.6. The van der Waals surface area contributed by atoms with Crippen molar-refractivity contribution in [2.75, 3.05) is 28.4 Å². The molecule has 0 aliphatic rings. The summed E-state index contributed by atoms with van der Waals surface area (Å²) in [7, 11) is -4.22. The highest BCUT2D eigenvalue weighted by Gasteiger charge is 2.20. The fraction of sp³-hybridized carbons (Fsp3) is 0.182. The number of aryl methyl sites for hydroxylation is 2. The van der Waals surface area contributed by atoms with Crippen LogP contribution in [0, 0.1) is 13.8 Å². The van der Waals surface area contributed by atoms with Gasteiger partial charge in [-0.2, -0.15) is 0 Å². The number of benzene rings is 3. The lowest BCUT2D eigenvalue weighted by molar-refractivity contribution is 0.599. The summed E-state index contributed by atoms with van der Waals surface area (Å²) < 4.78 is 56.6. The molecule has 0 atom stereocenters. The van der Waals surface area contributed by atoms with Crippen LogP contribution < -0.4 is 14.3 Å². The van der Waals surface area contributed by atoms with Gasteiger partial charge in [-0.15, -0.1) is 0 Å². The number of hydrogen-bond acceptors (Lipinski definition) is 5. The SMILES string of the molecule is Cc1ccc(S(=O)(=O)Nc2ccc(N(C)C)cc2NS(=O)(=O)c2ccc(C)cc2)cc1. The molecule has 0 bridgehead atoms. The van der Waals surface area contributed by atoms with Gasteiger partial charge in [-0.25, -0.2) is 16.8 Å². The molecule has 164 valence electrons. The van der Waals surface area contributed by atoms with E-state index < -0.39 is 20.0 Å². The molecule has 0 amide bonds. The molecule has 9 heteroatoms. The Kier molecular flexibility index (Phi) is 6.28. The molecule has 0 saturated heterocycles. The molecule has 0 aliphatic carbocycles. The Hall–Kier alpha value is -3.04. The largest absolute Gasteiger partial charge is 0.378 e. The number of sulfonamides is 2. The topological polar surface area (TPSA) is 95.6 Å². The molecule has 0 aliphatic heterocycles. The van der Waals surface area contributed by atoms with Crippen LogP contribution in [0.15, 0.2) is 76.5 Å². The maximum atomic E-state index is 12.9. The van der Waals surface area contributed by atoms with Crippen LogP contribution in [-0.2, 0) is 20.0 Å². The third-order valence-corrected chi connectivity index (χ3v) is 7.43. The van der Waals surface area contributed by atoms with E-state index in [4.69, 9.17) is 0 Å². The first-order valence-electron chi connectivity index (χ1n) is 9.48. The predicted octanol–water partition coefficient (Wildman–Crippen LogP) is 3.97. The van der Waals surface area contributed by atoms with Gasteiger partial charge in [0, 0.05) is 19.8 Å². The molecule has 0 aromatic heterocycles. The van der Waals surface area contributed by atoms with Crippen molar-refractivity contribution >= 4 is 37.1 Å². The first-order valence-corrected chi connectivity index (χ1v) is 12.4. The van der Waals surface area contributed by atoms with Gasteiger partial charge >= 0.3 is 0 Å². The van der Waals surface area contributed by atoms with Gasteiger partial charge in [-0.3, -0.25) is 9.44 Å². The molecule has 0 radical (unpaired) electrons. The van der Waals surface area contributed by atoms with Crippen molar-refractivity contribution < 1.29 is 16.8 Å². The lowest BCUT2D eigenvalue weighted by Gasteiger charge is -2.19. The van der Waals surface area contributed by atoms with Crippen LogP contribution in [0.2, 0.25) is 0 Å². The fourth-order valence-corrected chi connectivity index (χ4v) is 4.98. The van der Waals surface area contributed by atoms with E-state index in [-0.39, 0.29) is 21.2 Å². The monoisotopic (exact) mass is 459 g/mol. The highest BCUT2D eigenvalue weighted by Crippen LogP contribution is 2.31. The van der Waals surface area contributed by atoms with Gasteiger partial charge in [0.15, 0.2) is 0 Å². The van der Waals surface area contributed by atoms with Crippen LogP contribution in [0.3, 0.4) is 0 Å². The molecule has 3 aromatic carbocycles. The van der Waals surface area contributed by atoms with E-state index in [2.05, 4.69) is 9.44 Å². The molecule has 7 nitrogen and oxygen atoms in total. The molecule has 0 spiro atoms. The molecular formula is C22H25N3O4S2. The van der Waals surface area contributed by atoms with Gasteiger partial charge in [0.1, 0.15) is 0 Å². The number of nitrogens with zero attached hydrogens (tertiary/aromatic N) is 1. The van der Waals surface area contributed by atoms with Crippen molar-refractivity contribution in [3.8, 4) is 0 Å². The van der Waals surface area contributed by atoms with Crippen molar-refractivity contribution in [3.05, 3.63) is 77.9 Å². The normalized spacial score (nSPS) is 11.7. The number of anilines is 3. The molecule has 3 aromatic rings. The summed E-state index contributed by atoms with van der Waals surface area (Å²) in [6.45, 7) is 3.73. The highest BCUT2D eigenvalue weighted by atomic mass is 32.2. The minimum atomic E-state index is -3.92. The third kappa shape index (κ3) is 5.36. The van der Waals surface area contributed by atoms with Gasteiger partial charge in [0.25, 0.3) is 20.0 Å². The molecule has 0 fully saturated rings. The lowest BCUT2D eigenvalue weighted by Crippen LogP contribution is -2.18. The molecule has 0 unspecified atom stereocenters. The zero-order chi connectivity index (χ0) is 22.8. The number of hydrogen-bond donors (Lipinski definition) is 2. The van der Waals surface area contributed by atoms with E-state index in [1.54, 1.807) is 41.3 Å². The zero-order valence-corrected chi connectivity index (χ0v) is 19.4. The summed E-state index contributed by atoms with van der Waals surface area (Å²) in [4.78, 5) is 1.96. The molecular weight excluding hydrogens is 434 g/mol. The van der Waals surface area contributed by atoms with Crippen molar-refractivity contribution in [2.24, 2.45) is 0 Å². The molecule has 2 N–H and O–H groups in total. The minimum Gasteiger partial charge on any atom is -0.378 e. The lowest BCUT2D eigenvalue weighted by atomic mass is 10.2. The second-order valence-electron chi connectivity index (χ2n) is 7.46. The summed E-state index contributed by atoms with van der Waals surface area (Å²) in [5.41, 5.74) is 2.82. The molecule has 31 heavy (non-hydrogen) atoms. The van der Waals surface area contributed by atoms with Crippen molar-refractivity contribution in [3.63, 3.8) is 0 Å².